The van der Waals surface area contributed by atoms with Crippen LogP contribution in [0.1, 0.15) is 36.1 Å². The Bertz CT molecular complexity index is 1200. The molecule has 0 saturated carbocycles. The van der Waals surface area contributed by atoms with Crippen molar-refractivity contribution in [2.24, 2.45) is 5.10 Å². The Hall–Kier alpha value is -4.19. The van der Waals surface area contributed by atoms with Gasteiger partial charge >= 0.3 is 5.97 Å². The van der Waals surface area contributed by atoms with E-state index in [2.05, 4.69) is 5.10 Å². The second-order valence-electron chi connectivity index (χ2n) is 7.56. The fourth-order valence-electron chi connectivity index (χ4n) is 3.71. The topological polar surface area (TPSA) is 68.2 Å². The molecule has 0 bridgehead atoms. The van der Waals surface area contributed by atoms with E-state index in [0.29, 0.717) is 23.4 Å². The van der Waals surface area contributed by atoms with E-state index in [0.717, 1.165) is 16.9 Å². The molecule has 1 heterocycles. The lowest BCUT2D eigenvalue weighted by Crippen LogP contribution is -2.24. The van der Waals surface area contributed by atoms with Gasteiger partial charge in [-0.05, 0) is 41.5 Å². The van der Waals surface area contributed by atoms with Gasteiger partial charge in [0.1, 0.15) is 11.5 Å². The highest BCUT2D eigenvalue weighted by Gasteiger charge is 2.32. The van der Waals surface area contributed by atoms with E-state index in [4.69, 9.17) is 9.47 Å². The maximum Gasteiger partial charge on any atom is 0.336 e. The average molecular weight is 440 g/mol. The molecule has 0 fully saturated rings. The molecular weight excluding hydrogens is 416 g/mol. The monoisotopic (exact) mass is 440 g/mol. The van der Waals surface area contributed by atoms with E-state index in [9.17, 15) is 9.59 Å². The zero-order chi connectivity index (χ0) is 23.2. The molecule has 3 aromatic carbocycles. The molecule has 0 N–H and O–H groups in total. The van der Waals surface area contributed by atoms with Gasteiger partial charge in [0.2, 0.25) is 5.91 Å². The van der Waals surface area contributed by atoms with Gasteiger partial charge in [-0.15, -0.1) is 0 Å². The summed E-state index contributed by atoms with van der Waals surface area (Å²) in [6.45, 7) is 1.49. The third-order valence-electron chi connectivity index (χ3n) is 5.35. The first kappa shape index (κ1) is 22.0. The number of nitrogens with zero attached hydrogens (tertiary/aromatic N) is 2. The highest BCUT2D eigenvalue weighted by atomic mass is 16.5. The molecule has 166 valence electrons. The van der Waals surface area contributed by atoms with Gasteiger partial charge in [-0.3, -0.25) is 4.79 Å². The minimum absolute atomic E-state index is 0.161. The van der Waals surface area contributed by atoms with Crippen LogP contribution in [-0.2, 0) is 9.59 Å². The number of esters is 1. The molecular formula is C27H24N2O4. The Morgan fingerprint density at radius 1 is 0.970 bits per heavy atom. The Kier molecular flexibility index (Phi) is 6.64. The van der Waals surface area contributed by atoms with Crippen LogP contribution in [0.15, 0.2) is 90.0 Å². The van der Waals surface area contributed by atoms with Gasteiger partial charge in [0.05, 0.1) is 18.9 Å². The minimum Gasteiger partial charge on any atom is -0.497 e. The summed E-state index contributed by atoms with van der Waals surface area (Å²) >= 11 is 0. The molecule has 3 aromatic rings. The number of benzene rings is 3. The fraction of sp³-hybridized carbons (Fsp3) is 0.148. The highest BCUT2D eigenvalue weighted by Crippen LogP contribution is 2.35. The Morgan fingerprint density at radius 2 is 1.67 bits per heavy atom. The average Bonchev–Trinajstić information content (AvgIpc) is 3.29. The van der Waals surface area contributed by atoms with Crippen LogP contribution in [0.4, 0.5) is 0 Å². The third kappa shape index (κ3) is 5.18. The van der Waals surface area contributed by atoms with Crippen LogP contribution in [0, 0.1) is 0 Å². The summed E-state index contributed by atoms with van der Waals surface area (Å²) in [5.74, 6) is 0.497. The zero-order valence-corrected chi connectivity index (χ0v) is 18.5. The lowest BCUT2D eigenvalue weighted by atomic mass is 9.98. The summed E-state index contributed by atoms with van der Waals surface area (Å²) in [5.41, 5.74) is 3.22. The van der Waals surface area contributed by atoms with Gasteiger partial charge < -0.3 is 9.47 Å². The smallest absolute Gasteiger partial charge is 0.336 e. The highest BCUT2D eigenvalue weighted by molar-refractivity contribution is 6.05. The molecule has 4 rings (SSSR count). The number of hydrogen-bond acceptors (Lipinski definition) is 5. The Morgan fingerprint density at radius 3 is 2.36 bits per heavy atom. The number of hydrogen-bond donors (Lipinski definition) is 0. The van der Waals surface area contributed by atoms with Gasteiger partial charge in [0.15, 0.2) is 0 Å². The normalized spacial score (nSPS) is 15.4. The van der Waals surface area contributed by atoms with Crippen LogP contribution in [-0.4, -0.2) is 29.7 Å². The first-order chi connectivity index (χ1) is 16.0. The van der Waals surface area contributed by atoms with Gasteiger partial charge in [-0.2, -0.15) is 5.10 Å². The van der Waals surface area contributed by atoms with Crippen LogP contribution in [0.25, 0.3) is 6.08 Å². The van der Waals surface area contributed by atoms with Gasteiger partial charge in [-0.25, -0.2) is 9.80 Å². The predicted octanol–water partition coefficient (Wildman–Crippen LogP) is 5.01. The molecule has 1 amide bonds. The number of carbonyl (C=O) groups is 2. The van der Waals surface area contributed by atoms with Crippen molar-refractivity contribution in [2.45, 2.75) is 19.4 Å². The zero-order valence-electron chi connectivity index (χ0n) is 18.5. The van der Waals surface area contributed by atoms with Crippen LogP contribution in [0.5, 0.6) is 11.5 Å². The summed E-state index contributed by atoms with van der Waals surface area (Å²) in [4.78, 5) is 24.8. The SMILES string of the molecule is COc1ccc([C@@H]2CC(c3ccccc3OC(=O)/C=C/c3ccccc3)=NN2C(C)=O)cc1. The van der Waals surface area contributed by atoms with E-state index in [1.54, 1.807) is 25.3 Å². The Balaban J connectivity index is 1.56. The van der Waals surface area contributed by atoms with Crippen molar-refractivity contribution >= 4 is 23.7 Å². The molecule has 0 aromatic heterocycles. The molecule has 0 saturated heterocycles. The van der Waals surface area contributed by atoms with Crippen molar-refractivity contribution in [1.29, 1.82) is 0 Å². The molecule has 1 atom stereocenters. The first-order valence-electron chi connectivity index (χ1n) is 10.6. The number of ether oxygens (including phenoxy) is 2. The van der Waals surface area contributed by atoms with E-state index in [1.165, 1.54) is 18.0 Å². The second-order valence-corrected chi connectivity index (χ2v) is 7.56. The maximum atomic E-state index is 12.4. The molecule has 0 aliphatic carbocycles. The molecule has 6 nitrogen and oxygen atoms in total. The number of methoxy groups -OCH3 is 1. The Labute approximate surface area is 192 Å². The van der Waals surface area contributed by atoms with Gasteiger partial charge in [-0.1, -0.05) is 54.6 Å². The first-order valence-corrected chi connectivity index (χ1v) is 10.6. The number of hydrazone groups is 1. The van der Waals surface area contributed by atoms with Crippen LogP contribution in [0.2, 0.25) is 0 Å². The van der Waals surface area contributed by atoms with Crippen LogP contribution < -0.4 is 9.47 Å². The van der Waals surface area contributed by atoms with Crippen molar-refractivity contribution in [1.82, 2.24) is 5.01 Å². The summed E-state index contributed by atoms with van der Waals surface area (Å²) < 4.78 is 10.9. The lowest BCUT2D eigenvalue weighted by Gasteiger charge is -2.20. The summed E-state index contributed by atoms with van der Waals surface area (Å²) in [7, 11) is 1.61. The maximum absolute atomic E-state index is 12.4. The van der Waals surface area contributed by atoms with Crippen molar-refractivity contribution < 1.29 is 19.1 Å². The second kappa shape index (κ2) is 9.96. The van der Waals surface area contributed by atoms with Crippen molar-refractivity contribution in [3.8, 4) is 11.5 Å². The number of carbonyl (C=O) groups excluding carboxylic acids is 2. The third-order valence-corrected chi connectivity index (χ3v) is 5.35. The van der Waals surface area contributed by atoms with Crippen molar-refractivity contribution in [2.75, 3.05) is 7.11 Å². The van der Waals surface area contributed by atoms with Crippen LogP contribution >= 0.6 is 0 Å². The number of amides is 1. The molecule has 1 aliphatic rings. The molecule has 0 radical (unpaired) electrons. The van der Waals surface area contributed by atoms with E-state index >= 15 is 0 Å². The molecule has 0 unspecified atom stereocenters. The predicted molar refractivity (Wildman–Crippen MR) is 127 cm³/mol. The van der Waals surface area contributed by atoms with Crippen molar-refractivity contribution in [3.63, 3.8) is 0 Å². The molecule has 33 heavy (non-hydrogen) atoms. The van der Waals surface area contributed by atoms with Gasteiger partial charge in [0, 0.05) is 25.0 Å². The molecule has 0 spiro atoms. The van der Waals surface area contributed by atoms with E-state index in [1.807, 2.05) is 66.7 Å². The number of para-hydroxylation sites is 1. The van der Waals surface area contributed by atoms with Crippen LogP contribution in [0.3, 0.4) is 0 Å². The molecule has 1 aliphatic heterocycles. The minimum atomic E-state index is -0.486. The summed E-state index contributed by atoms with van der Waals surface area (Å²) in [6.07, 6.45) is 3.60. The summed E-state index contributed by atoms with van der Waals surface area (Å²) in [5, 5.41) is 6.06. The van der Waals surface area contributed by atoms with E-state index in [-0.39, 0.29) is 11.9 Å². The molecule has 6 heteroatoms. The quantitative estimate of drug-likeness (QED) is 0.307. The largest absolute Gasteiger partial charge is 0.497 e. The fourth-order valence-corrected chi connectivity index (χ4v) is 3.71. The van der Waals surface area contributed by atoms with E-state index < -0.39 is 5.97 Å². The standard InChI is InChI=1S/C27H24N2O4/c1-19(30)29-25(21-13-15-22(32-2)16-14-21)18-24(28-29)23-10-6-7-11-26(23)33-27(31)17-12-20-8-4-3-5-9-20/h3-17,25H,18H2,1-2H3/b17-12+/t25-/m0/s1. The van der Waals surface area contributed by atoms with Crippen molar-refractivity contribution in [3.05, 3.63) is 102 Å². The lowest BCUT2D eigenvalue weighted by molar-refractivity contribution is -0.131. The van der Waals surface area contributed by atoms with Gasteiger partial charge in [0.25, 0.3) is 0 Å². The summed E-state index contributed by atoms with van der Waals surface area (Å²) in [6, 6.07) is 24.1. The number of rotatable bonds is 6.